The molecule has 0 saturated carbocycles. The van der Waals surface area contributed by atoms with Crippen LogP contribution in [-0.2, 0) is 6.61 Å². The number of ether oxygens (including phenoxy) is 2. The molecule has 0 fully saturated rings. The second-order valence-corrected chi connectivity index (χ2v) is 6.89. The number of nitrogens with one attached hydrogen (secondary N) is 1. The van der Waals surface area contributed by atoms with Gasteiger partial charge in [-0.15, -0.1) is 0 Å². The highest BCUT2D eigenvalue weighted by Crippen LogP contribution is 2.24. The maximum atomic E-state index is 12.3. The van der Waals surface area contributed by atoms with E-state index in [9.17, 15) is 4.79 Å². The normalized spacial score (nSPS) is 10.7. The molecular weight excluding hydrogens is 326 g/mol. The van der Waals surface area contributed by atoms with Crippen molar-refractivity contribution in [2.24, 2.45) is 5.92 Å². The first-order valence-corrected chi connectivity index (χ1v) is 9.14. The zero-order chi connectivity index (χ0) is 19.1. The Morgan fingerprint density at radius 3 is 2.46 bits per heavy atom. The molecule has 0 radical (unpaired) electrons. The second-order valence-electron chi connectivity index (χ2n) is 6.89. The van der Waals surface area contributed by atoms with Crippen LogP contribution in [0.15, 0.2) is 36.4 Å². The van der Waals surface area contributed by atoms with Gasteiger partial charge < -0.3 is 14.8 Å². The quantitative estimate of drug-likeness (QED) is 0.749. The van der Waals surface area contributed by atoms with Crippen molar-refractivity contribution in [2.75, 3.05) is 13.2 Å². The van der Waals surface area contributed by atoms with Crippen molar-refractivity contribution in [3.8, 4) is 11.5 Å². The van der Waals surface area contributed by atoms with Crippen LogP contribution in [0, 0.1) is 19.8 Å². The van der Waals surface area contributed by atoms with Gasteiger partial charge in [0.15, 0.2) is 0 Å². The van der Waals surface area contributed by atoms with Crippen molar-refractivity contribution < 1.29 is 14.3 Å². The van der Waals surface area contributed by atoms with E-state index in [1.807, 2.05) is 37.3 Å². The van der Waals surface area contributed by atoms with Crippen molar-refractivity contribution >= 4 is 5.91 Å². The first kappa shape index (κ1) is 19.8. The predicted octanol–water partition coefficient (Wildman–Crippen LogP) is 4.67. The van der Waals surface area contributed by atoms with Crippen LogP contribution in [0.1, 0.15) is 47.8 Å². The Morgan fingerprint density at radius 2 is 1.81 bits per heavy atom. The summed E-state index contributed by atoms with van der Waals surface area (Å²) < 4.78 is 11.6. The lowest BCUT2D eigenvalue weighted by Gasteiger charge is -2.14. The van der Waals surface area contributed by atoms with E-state index in [2.05, 4.69) is 33.0 Å². The van der Waals surface area contributed by atoms with Crippen molar-refractivity contribution in [1.82, 2.24) is 5.32 Å². The van der Waals surface area contributed by atoms with Crippen molar-refractivity contribution in [2.45, 2.75) is 41.2 Å². The summed E-state index contributed by atoms with van der Waals surface area (Å²) in [4.78, 5) is 12.3. The fourth-order valence-corrected chi connectivity index (χ4v) is 2.49. The van der Waals surface area contributed by atoms with Crippen LogP contribution in [0.4, 0.5) is 0 Å². The largest absolute Gasteiger partial charge is 0.493 e. The first-order valence-electron chi connectivity index (χ1n) is 9.14. The van der Waals surface area contributed by atoms with E-state index < -0.39 is 0 Å². The molecule has 1 N–H and O–H groups in total. The van der Waals surface area contributed by atoms with Crippen LogP contribution >= 0.6 is 0 Å². The van der Waals surface area contributed by atoms with Crippen LogP contribution in [0.25, 0.3) is 0 Å². The topological polar surface area (TPSA) is 47.6 Å². The van der Waals surface area contributed by atoms with Gasteiger partial charge in [0.05, 0.1) is 6.61 Å². The Bertz CT molecular complexity index is 753. The summed E-state index contributed by atoms with van der Waals surface area (Å²) in [6.45, 7) is 11.8. The summed E-state index contributed by atoms with van der Waals surface area (Å²) >= 11 is 0. The van der Waals surface area contributed by atoms with Crippen LogP contribution in [0.3, 0.4) is 0 Å². The molecule has 140 valence electrons. The second kappa shape index (κ2) is 9.27. The van der Waals surface area contributed by atoms with E-state index in [-0.39, 0.29) is 5.91 Å². The van der Waals surface area contributed by atoms with E-state index in [0.29, 0.717) is 31.2 Å². The third-order valence-electron chi connectivity index (χ3n) is 4.17. The summed E-state index contributed by atoms with van der Waals surface area (Å²) in [6.07, 6.45) is 0. The van der Waals surface area contributed by atoms with Gasteiger partial charge in [-0.05, 0) is 68.1 Å². The van der Waals surface area contributed by atoms with Crippen LogP contribution in [0.5, 0.6) is 11.5 Å². The number of hydrogen-bond acceptors (Lipinski definition) is 3. The summed E-state index contributed by atoms with van der Waals surface area (Å²) in [5.41, 5.74) is 3.90. The van der Waals surface area contributed by atoms with Crippen LogP contribution in [-0.4, -0.2) is 19.1 Å². The highest BCUT2D eigenvalue weighted by molar-refractivity contribution is 5.94. The van der Waals surface area contributed by atoms with Crippen LogP contribution in [0.2, 0.25) is 0 Å². The van der Waals surface area contributed by atoms with Gasteiger partial charge in [0, 0.05) is 17.7 Å². The van der Waals surface area contributed by atoms with Crippen molar-refractivity contribution in [1.29, 1.82) is 0 Å². The van der Waals surface area contributed by atoms with E-state index >= 15 is 0 Å². The Morgan fingerprint density at radius 1 is 1.04 bits per heavy atom. The number of carbonyl (C=O) groups is 1. The monoisotopic (exact) mass is 355 g/mol. The molecule has 0 aliphatic heterocycles. The number of aryl methyl sites for hydroxylation is 2. The molecule has 4 heteroatoms. The molecule has 0 spiro atoms. The van der Waals surface area contributed by atoms with Gasteiger partial charge in [-0.3, -0.25) is 4.79 Å². The molecule has 0 atom stereocenters. The molecule has 0 saturated heterocycles. The highest BCUT2D eigenvalue weighted by Gasteiger charge is 2.12. The molecule has 0 aliphatic rings. The molecule has 2 rings (SSSR count). The lowest BCUT2D eigenvalue weighted by molar-refractivity contribution is 0.0949. The molecule has 0 aromatic heterocycles. The zero-order valence-electron chi connectivity index (χ0n) is 16.4. The maximum absolute atomic E-state index is 12.3. The number of benzene rings is 2. The fourth-order valence-electron chi connectivity index (χ4n) is 2.49. The Labute approximate surface area is 156 Å². The molecule has 1 amide bonds. The van der Waals surface area contributed by atoms with E-state index in [0.717, 1.165) is 17.1 Å². The zero-order valence-corrected chi connectivity index (χ0v) is 16.4. The van der Waals surface area contributed by atoms with Crippen LogP contribution < -0.4 is 14.8 Å². The molecule has 4 nitrogen and oxygen atoms in total. The van der Waals surface area contributed by atoms with Gasteiger partial charge in [-0.2, -0.15) is 0 Å². The average molecular weight is 355 g/mol. The summed E-state index contributed by atoms with van der Waals surface area (Å²) in [6, 6.07) is 11.5. The molecular formula is C22H29NO3. The predicted molar refractivity (Wildman–Crippen MR) is 105 cm³/mol. The standard InChI is InChI=1S/C22H29NO3/c1-6-25-21-10-8-18(22(24)23-13-15(2)3)12-19(21)14-26-20-9-7-16(4)17(5)11-20/h7-12,15H,6,13-14H2,1-5H3,(H,23,24). The molecule has 0 aliphatic carbocycles. The summed E-state index contributed by atoms with van der Waals surface area (Å²) in [5, 5.41) is 2.94. The van der Waals surface area contributed by atoms with Gasteiger partial charge in [0.1, 0.15) is 18.1 Å². The third kappa shape index (κ3) is 5.51. The summed E-state index contributed by atoms with van der Waals surface area (Å²) in [5.74, 6) is 1.89. The van der Waals surface area contributed by atoms with Gasteiger partial charge in [-0.25, -0.2) is 0 Å². The lowest BCUT2D eigenvalue weighted by Crippen LogP contribution is -2.27. The molecule has 0 bridgehead atoms. The van der Waals surface area contributed by atoms with E-state index in [4.69, 9.17) is 9.47 Å². The van der Waals surface area contributed by atoms with E-state index in [1.165, 1.54) is 11.1 Å². The molecule has 2 aromatic carbocycles. The number of rotatable bonds is 8. The number of carbonyl (C=O) groups excluding carboxylic acids is 1. The maximum Gasteiger partial charge on any atom is 0.251 e. The van der Waals surface area contributed by atoms with Crippen molar-refractivity contribution in [3.63, 3.8) is 0 Å². The van der Waals surface area contributed by atoms with Gasteiger partial charge >= 0.3 is 0 Å². The highest BCUT2D eigenvalue weighted by atomic mass is 16.5. The molecule has 2 aromatic rings. The number of hydrogen-bond donors (Lipinski definition) is 1. The summed E-state index contributed by atoms with van der Waals surface area (Å²) in [7, 11) is 0. The molecule has 0 heterocycles. The van der Waals surface area contributed by atoms with Gasteiger partial charge in [0.25, 0.3) is 5.91 Å². The lowest BCUT2D eigenvalue weighted by atomic mass is 10.1. The van der Waals surface area contributed by atoms with Gasteiger partial charge in [0.2, 0.25) is 0 Å². The minimum absolute atomic E-state index is 0.0748. The molecule has 26 heavy (non-hydrogen) atoms. The van der Waals surface area contributed by atoms with Gasteiger partial charge in [-0.1, -0.05) is 19.9 Å². The Hall–Kier alpha value is -2.49. The average Bonchev–Trinajstić information content (AvgIpc) is 2.61. The fraction of sp³-hybridized carbons (Fsp3) is 0.409. The first-order chi connectivity index (χ1) is 12.4. The minimum atomic E-state index is -0.0748. The van der Waals surface area contributed by atoms with Crippen molar-refractivity contribution in [3.05, 3.63) is 58.7 Å². The third-order valence-corrected chi connectivity index (χ3v) is 4.17. The Balaban J connectivity index is 2.16. The Kier molecular flexibility index (Phi) is 7.07. The number of amides is 1. The van der Waals surface area contributed by atoms with E-state index in [1.54, 1.807) is 6.07 Å². The SMILES string of the molecule is CCOc1ccc(C(=O)NCC(C)C)cc1COc1ccc(C)c(C)c1. The smallest absolute Gasteiger partial charge is 0.251 e. The minimum Gasteiger partial charge on any atom is -0.493 e. The molecule has 0 unspecified atom stereocenters.